The van der Waals surface area contributed by atoms with Gasteiger partial charge < -0.3 is 77.1 Å². The molecule has 4 heterocycles. The lowest BCUT2D eigenvalue weighted by atomic mass is 10.1. The fraction of sp³-hybridized carbons (Fsp3) is 0.393. The van der Waals surface area contributed by atoms with E-state index in [1.807, 2.05) is 19.2 Å². The average molecular weight is 1240 g/mol. The van der Waals surface area contributed by atoms with Crippen LogP contribution in [0, 0.1) is 12.8 Å². The molecule has 2 aromatic carbocycles. The van der Waals surface area contributed by atoms with Crippen molar-refractivity contribution in [3.63, 3.8) is 0 Å². The number of imidazole rings is 1. The summed E-state index contributed by atoms with van der Waals surface area (Å²) in [6, 6.07) is 3.14. The molecule has 0 spiro atoms. The molecule has 0 saturated heterocycles. The van der Waals surface area contributed by atoms with Crippen LogP contribution < -0.4 is 52.8 Å². The number of aliphatic carboxylic acids is 4. The number of carbonyl (C=O) groups is 12. The monoisotopic (exact) mass is 1240 g/mol. The Hall–Kier alpha value is -11.0. The van der Waals surface area contributed by atoms with Gasteiger partial charge in [0, 0.05) is 48.6 Å². The summed E-state index contributed by atoms with van der Waals surface area (Å²) in [4.78, 5) is 157. The van der Waals surface area contributed by atoms with E-state index in [4.69, 9.17) is 31.0 Å². The predicted octanol–water partition coefficient (Wildman–Crippen LogP) is 0.297. The molecule has 0 radical (unpaired) electrons. The number of fused-ring (bicyclic) bond motifs is 2. The van der Waals surface area contributed by atoms with Crippen molar-refractivity contribution in [2.45, 2.75) is 111 Å². The van der Waals surface area contributed by atoms with Crippen molar-refractivity contribution in [3.8, 4) is 11.5 Å². The van der Waals surface area contributed by atoms with Gasteiger partial charge in [-0.1, -0.05) is 23.8 Å². The van der Waals surface area contributed by atoms with Crippen LogP contribution >= 0.6 is 0 Å². The molecular formula is C56H68N15O18+. The molecule has 0 aliphatic carbocycles. The number of allylic oxidation sites excluding steroid dienone is 2. The third kappa shape index (κ3) is 17.3. The van der Waals surface area contributed by atoms with E-state index < -0.39 is 121 Å². The third-order valence-electron chi connectivity index (χ3n) is 13.6. The first kappa shape index (κ1) is 67.1. The number of hydrogen-bond donors (Lipinski definition) is 12. The molecule has 3 aromatic heterocycles. The SMILES string of the molecule is CCn1nc(C)cc1C(=O)Nc1cc2cc(C(N)=O)cc(OC)c2n1C/C=C/Cn1c(NC(=O)C2=[N+](CC)N=C(C)C2)nc2cc(C(N)=O)cc(OCCCNC(=O)[C@H](CC(=O)O)NC(=O)[C@H](CC(=O)O)NC(=O)[C@H](CC(=O)O)NC(=O)[C@@H](C)CC(=O)O)c21. The highest BCUT2D eigenvalue weighted by Gasteiger charge is 2.35. The quantitative estimate of drug-likeness (QED) is 0.0153. The lowest BCUT2D eigenvalue weighted by Gasteiger charge is -2.24. The molecule has 4 atom stereocenters. The Morgan fingerprint density at radius 2 is 1.25 bits per heavy atom. The molecule has 5 aromatic rings. The van der Waals surface area contributed by atoms with Crippen molar-refractivity contribution < 1.29 is 92.1 Å². The lowest BCUT2D eigenvalue weighted by Crippen LogP contribution is -2.58. The molecule has 33 nitrogen and oxygen atoms in total. The number of carbonyl (C=O) groups excluding carboxylic acids is 8. The standard InChI is InChI=1S/C56H67N15O18/c1-7-70-37(17-28(4)66-70)54(86)64-41-23-30-19-31(48(57)80)21-39(88-6)46(30)68(41)13-9-10-14-69-47-33(63-56(69)65-55(87)38-18-29(5)67-71(38)8-2)20-32(49(58)81)22-40(47)89-15-11-12-59-51(83)34(24-43(74)75)61-53(85)36(26-45(78)79)62-52(84)35(25-44(76)77)60-50(82)27(3)16-42(72)73/h9-10,17,19-23,27,34-36H,7-8,11-16,18,24-26H2,1-6H3,(H13-,57,58,59,60,61,62,63,64,65,72,73,74,75,76,77,78,79,80,81,82,83,84,85,86,87)/p+1/b10-9+/t27-,34-,35-,36-/m0/s1. The van der Waals surface area contributed by atoms with E-state index >= 15 is 0 Å². The van der Waals surface area contributed by atoms with Crippen molar-refractivity contribution >= 4 is 116 Å². The summed E-state index contributed by atoms with van der Waals surface area (Å²) in [5, 5.41) is 61.5. The molecule has 1 aliphatic heterocycles. The highest BCUT2D eigenvalue weighted by atomic mass is 16.5. The first-order valence-electron chi connectivity index (χ1n) is 27.7. The second-order valence-electron chi connectivity index (χ2n) is 20.4. The van der Waals surface area contributed by atoms with Gasteiger partial charge >= 0.3 is 29.8 Å². The number of ether oxygens (including phenoxy) is 2. The molecule has 8 amide bonds. The zero-order chi connectivity index (χ0) is 65.6. The molecule has 0 fully saturated rings. The van der Waals surface area contributed by atoms with Gasteiger partial charge in [-0.25, -0.2) is 4.98 Å². The van der Waals surface area contributed by atoms with Gasteiger partial charge in [0.15, 0.2) is 6.54 Å². The number of aromatic nitrogens is 5. The molecule has 474 valence electrons. The van der Waals surface area contributed by atoms with Crippen LogP contribution in [-0.4, -0.2) is 176 Å². The number of carboxylic acid groups (broad SMARTS) is 4. The first-order valence-corrected chi connectivity index (χ1v) is 27.7. The molecule has 14 N–H and O–H groups in total. The molecule has 0 unspecified atom stereocenters. The maximum Gasteiger partial charge on any atom is 0.321 e. The second-order valence-corrected chi connectivity index (χ2v) is 20.4. The van der Waals surface area contributed by atoms with Crippen molar-refractivity contribution in [3.05, 3.63) is 71.1 Å². The Balaban J connectivity index is 1.26. The van der Waals surface area contributed by atoms with Crippen molar-refractivity contribution in [2.75, 3.05) is 37.4 Å². The van der Waals surface area contributed by atoms with Crippen LogP contribution in [0.4, 0.5) is 11.8 Å². The number of carboxylic acids is 4. The summed E-state index contributed by atoms with van der Waals surface area (Å²) < 4.78 is 18.4. The van der Waals surface area contributed by atoms with Gasteiger partial charge in [0.05, 0.1) is 68.3 Å². The van der Waals surface area contributed by atoms with Crippen LogP contribution in [0.5, 0.6) is 11.5 Å². The van der Waals surface area contributed by atoms with Gasteiger partial charge in [0.25, 0.3) is 11.6 Å². The van der Waals surface area contributed by atoms with E-state index in [0.29, 0.717) is 52.6 Å². The number of methoxy groups -OCH3 is 1. The summed E-state index contributed by atoms with van der Waals surface area (Å²) >= 11 is 0. The number of benzene rings is 2. The molecule has 1 aliphatic rings. The number of rotatable bonds is 33. The van der Waals surface area contributed by atoms with E-state index in [0.717, 1.165) is 0 Å². The van der Waals surface area contributed by atoms with Crippen LogP contribution in [0.2, 0.25) is 0 Å². The topological polar surface area (TPSA) is 484 Å². The second kappa shape index (κ2) is 29.9. The Kier molecular flexibility index (Phi) is 22.5. The zero-order valence-electron chi connectivity index (χ0n) is 49.2. The summed E-state index contributed by atoms with van der Waals surface area (Å²) in [5.74, 6) is -14.5. The largest absolute Gasteiger partial charge is 0.495 e. The molecular weight excluding hydrogens is 1170 g/mol. The number of nitrogens with two attached hydrogens (primary N) is 2. The molecule has 89 heavy (non-hydrogen) atoms. The van der Waals surface area contributed by atoms with Crippen molar-refractivity contribution in [1.82, 2.24) is 45.2 Å². The molecule has 0 saturated carbocycles. The smallest absolute Gasteiger partial charge is 0.321 e. The van der Waals surface area contributed by atoms with Crippen molar-refractivity contribution in [1.29, 1.82) is 0 Å². The van der Waals surface area contributed by atoms with E-state index in [9.17, 15) is 72.9 Å². The van der Waals surface area contributed by atoms with Crippen LogP contribution in [-0.2, 0) is 62.8 Å². The number of nitrogens with one attached hydrogen (secondary N) is 6. The summed E-state index contributed by atoms with van der Waals surface area (Å²) in [5.41, 5.74) is 14.3. The normalized spacial score (nSPS) is 13.4. The van der Waals surface area contributed by atoms with Crippen LogP contribution in [0.3, 0.4) is 0 Å². The highest BCUT2D eigenvalue weighted by Crippen LogP contribution is 2.35. The summed E-state index contributed by atoms with van der Waals surface area (Å²) in [6.07, 6.45) is -0.367. The highest BCUT2D eigenvalue weighted by molar-refractivity contribution is 6.44. The fourth-order valence-electron chi connectivity index (χ4n) is 9.45. The summed E-state index contributed by atoms with van der Waals surface area (Å²) in [7, 11) is 1.41. The van der Waals surface area contributed by atoms with E-state index in [-0.39, 0.29) is 78.7 Å². The Bertz CT molecular complexity index is 3760. The minimum Gasteiger partial charge on any atom is -0.495 e. The van der Waals surface area contributed by atoms with Crippen LogP contribution in [0.25, 0.3) is 21.9 Å². The number of nitrogens with zero attached hydrogens (tertiary/aromatic N) is 7. The Labute approximate surface area is 505 Å². The van der Waals surface area contributed by atoms with Gasteiger partial charge in [-0.15, -0.1) is 0 Å². The minimum atomic E-state index is -2.07. The number of amides is 8. The maximum atomic E-state index is 14.0. The number of anilines is 2. The molecule has 6 rings (SSSR count). The van der Waals surface area contributed by atoms with Crippen LogP contribution in [0.1, 0.15) is 103 Å². The van der Waals surface area contributed by atoms with Gasteiger partial charge in [0.1, 0.15) is 46.7 Å². The predicted molar refractivity (Wildman–Crippen MR) is 314 cm³/mol. The Morgan fingerprint density at radius 3 is 1.81 bits per heavy atom. The maximum absolute atomic E-state index is 14.0. The van der Waals surface area contributed by atoms with E-state index in [2.05, 4.69) is 36.8 Å². The average Bonchev–Trinajstić information content (AvgIpc) is 1.87. The van der Waals surface area contributed by atoms with E-state index in [1.54, 1.807) is 62.7 Å². The Morgan fingerprint density at radius 1 is 0.685 bits per heavy atom. The third-order valence-corrected chi connectivity index (χ3v) is 13.6. The van der Waals surface area contributed by atoms with Gasteiger partial charge in [-0.3, -0.25) is 67.5 Å². The van der Waals surface area contributed by atoms with Gasteiger partial charge in [0.2, 0.25) is 41.4 Å². The van der Waals surface area contributed by atoms with Crippen molar-refractivity contribution in [2.24, 2.45) is 22.5 Å². The number of hydrogen-bond acceptors (Lipinski definition) is 17. The molecule has 33 heteroatoms. The minimum absolute atomic E-state index is 0.00419. The number of aryl methyl sites for hydroxylation is 2. The number of primary amides is 2. The first-order chi connectivity index (χ1) is 42.1. The van der Waals surface area contributed by atoms with Gasteiger partial charge in [-0.05, 0) is 75.6 Å². The fourth-order valence-corrected chi connectivity index (χ4v) is 9.45. The lowest BCUT2D eigenvalue weighted by molar-refractivity contribution is -0.525. The summed E-state index contributed by atoms with van der Waals surface area (Å²) in [6.45, 7) is 8.66. The number of hydrazone groups is 1. The van der Waals surface area contributed by atoms with Gasteiger partial charge in [-0.2, -0.15) is 5.10 Å². The molecule has 0 bridgehead atoms. The van der Waals surface area contributed by atoms with Crippen LogP contribution in [0.15, 0.2) is 53.7 Å². The van der Waals surface area contributed by atoms with E-state index in [1.165, 1.54) is 32.2 Å². The zero-order valence-corrected chi connectivity index (χ0v) is 49.2.